The summed E-state index contributed by atoms with van der Waals surface area (Å²) in [5.41, 5.74) is 6.20. The van der Waals surface area contributed by atoms with E-state index in [1.165, 1.54) is 0 Å². The Balaban J connectivity index is 2.83. The monoisotopic (exact) mass is 144 g/mol. The first-order chi connectivity index (χ1) is 5.36. The minimum absolute atomic E-state index is 0.267. The minimum atomic E-state index is 0.267. The van der Waals surface area contributed by atoms with Gasteiger partial charge in [0.15, 0.2) is 0 Å². The lowest BCUT2D eigenvalue weighted by Crippen LogP contribution is -1.93. The first kappa shape index (κ1) is 6.09. The van der Waals surface area contributed by atoms with Gasteiger partial charge in [-0.1, -0.05) is 18.2 Å². The molecular formula is C8H6N3. The fourth-order valence-electron chi connectivity index (χ4n) is 0.932. The van der Waals surface area contributed by atoms with Crippen LogP contribution in [0, 0.1) is 6.20 Å². The van der Waals surface area contributed by atoms with Gasteiger partial charge in [-0.05, 0) is 6.07 Å². The van der Waals surface area contributed by atoms with Gasteiger partial charge in [-0.3, -0.25) is 0 Å². The highest BCUT2D eigenvalue weighted by molar-refractivity contribution is 5.77. The second-order valence-corrected chi connectivity index (χ2v) is 2.21. The van der Waals surface area contributed by atoms with E-state index in [1.54, 1.807) is 0 Å². The van der Waals surface area contributed by atoms with Crippen molar-refractivity contribution in [1.82, 2.24) is 9.97 Å². The second kappa shape index (κ2) is 2.20. The van der Waals surface area contributed by atoms with E-state index in [-0.39, 0.29) is 5.95 Å². The van der Waals surface area contributed by atoms with Gasteiger partial charge in [-0.25, -0.2) is 9.97 Å². The molecule has 0 atom stereocenters. The van der Waals surface area contributed by atoms with Crippen molar-refractivity contribution in [2.24, 2.45) is 0 Å². The SMILES string of the molecule is Nc1n[c]c2ccccc2n1. The van der Waals surface area contributed by atoms with Gasteiger partial charge in [0.1, 0.15) is 6.20 Å². The van der Waals surface area contributed by atoms with Crippen molar-refractivity contribution in [2.45, 2.75) is 0 Å². The molecular weight excluding hydrogens is 138 g/mol. The third-order valence-corrected chi connectivity index (χ3v) is 1.43. The number of aromatic nitrogens is 2. The maximum atomic E-state index is 5.37. The molecule has 0 unspecified atom stereocenters. The summed E-state index contributed by atoms with van der Waals surface area (Å²) in [6, 6.07) is 7.60. The molecule has 0 aliphatic carbocycles. The Morgan fingerprint density at radius 3 is 3.00 bits per heavy atom. The topological polar surface area (TPSA) is 51.8 Å². The molecule has 0 spiro atoms. The molecule has 3 heteroatoms. The van der Waals surface area contributed by atoms with Gasteiger partial charge >= 0.3 is 0 Å². The fraction of sp³-hybridized carbons (Fsp3) is 0. The van der Waals surface area contributed by atoms with Crippen molar-refractivity contribution < 1.29 is 0 Å². The van der Waals surface area contributed by atoms with E-state index in [1.807, 2.05) is 24.3 Å². The Morgan fingerprint density at radius 2 is 2.09 bits per heavy atom. The minimum Gasteiger partial charge on any atom is -0.368 e. The standard InChI is InChI=1S/C8H6N3/c9-8-10-5-6-3-1-2-4-7(6)11-8/h1-4H,(H2,9,10,11). The van der Waals surface area contributed by atoms with Crippen LogP contribution in [0.5, 0.6) is 0 Å². The van der Waals surface area contributed by atoms with E-state index in [0.717, 1.165) is 10.9 Å². The number of nitrogens with two attached hydrogens (primary N) is 1. The van der Waals surface area contributed by atoms with Crippen LogP contribution in [0.1, 0.15) is 0 Å². The average Bonchev–Trinajstić information content (AvgIpc) is 2.04. The Bertz CT molecular complexity index is 384. The maximum absolute atomic E-state index is 5.37. The molecule has 1 aromatic carbocycles. The van der Waals surface area contributed by atoms with Crippen molar-refractivity contribution in [3.8, 4) is 0 Å². The molecule has 0 amide bonds. The Labute approximate surface area is 63.9 Å². The number of nitrogen functional groups attached to an aromatic ring is 1. The van der Waals surface area contributed by atoms with Crippen LogP contribution in [0.2, 0.25) is 0 Å². The van der Waals surface area contributed by atoms with E-state index >= 15 is 0 Å². The molecule has 0 aliphatic rings. The van der Waals surface area contributed by atoms with Crippen LogP contribution in [0.25, 0.3) is 10.9 Å². The molecule has 0 saturated carbocycles. The quantitative estimate of drug-likeness (QED) is 0.600. The zero-order chi connectivity index (χ0) is 7.68. The summed E-state index contributed by atoms with van der Waals surface area (Å²) < 4.78 is 0. The Hall–Kier alpha value is -1.64. The van der Waals surface area contributed by atoms with E-state index in [0.29, 0.717) is 0 Å². The summed E-state index contributed by atoms with van der Waals surface area (Å²) >= 11 is 0. The maximum Gasteiger partial charge on any atom is 0.221 e. The summed E-state index contributed by atoms with van der Waals surface area (Å²) in [6.07, 6.45) is 2.78. The third-order valence-electron chi connectivity index (χ3n) is 1.43. The van der Waals surface area contributed by atoms with Crippen LogP contribution in [0.3, 0.4) is 0 Å². The number of fused-ring (bicyclic) bond motifs is 1. The van der Waals surface area contributed by atoms with Crippen molar-refractivity contribution in [3.63, 3.8) is 0 Å². The molecule has 1 heterocycles. The first-order valence-corrected chi connectivity index (χ1v) is 3.26. The molecule has 2 rings (SSSR count). The molecule has 0 aliphatic heterocycles. The summed E-state index contributed by atoms with van der Waals surface area (Å²) in [5.74, 6) is 0.267. The zero-order valence-corrected chi connectivity index (χ0v) is 5.78. The number of rotatable bonds is 0. The smallest absolute Gasteiger partial charge is 0.221 e. The predicted molar refractivity (Wildman–Crippen MR) is 42.8 cm³/mol. The zero-order valence-electron chi connectivity index (χ0n) is 5.78. The average molecular weight is 144 g/mol. The number of hydrogen-bond acceptors (Lipinski definition) is 3. The van der Waals surface area contributed by atoms with Gasteiger partial charge in [0.25, 0.3) is 0 Å². The highest BCUT2D eigenvalue weighted by Gasteiger charge is 1.93. The number of anilines is 1. The Kier molecular flexibility index (Phi) is 1.22. The van der Waals surface area contributed by atoms with E-state index in [2.05, 4.69) is 16.2 Å². The lowest BCUT2D eigenvalue weighted by Gasteiger charge is -1.94. The number of benzene rings is 1. The van der Waals surface area contributed by atoms with Gasteiger partial charge in [0.05, 0.1) is 5.52 Å². The van der Waals surface area contributed by atoms with E-state index in [4.69, 9.17) is 5.73 Å². The van der Waals surface area contributed by atoms with Crippen molar-refractivity contribution in [3.05, 3.63) is 30.5 Å². The van der Waals surface area contributed by atoms with Gasteiger partial charge < -0.3 is 5.73 Å². The molecule has 0 fully saturated rings. The van der Waals surface area contributed by atoms with Crippen LogP contribution in [-0.2, 0) is 0 Å². The molecule has 3 nitrogen and oxygen atoms in total. The third kappa shape index (κ3) is 1.00. The predicted octanol–water partition coefficient (Wildman–Crippen LogP) is 1.01. The van der Waals surface area contributed by atoms with Crippen molar-refractivity contribution in [2.75, 3.05) is 5.73 Å². The van der Waals surface area contributed by atoms with Crippen LogP contribution in [0.15, 0.2) is 24.3 Å². The molecule has 0 saturated heterocycles. The highest BCUT2D eigenvalue weighted by atomic mass is 15.0. The van der Waals surface area contributed by atoms with E-state index < -0.39 is 0 Å². The van der Waals surface area contributed by atoms with Crippen LogP contribution >= 0.6 is 0 Å². The van der Waals surface area contributed by atoms with Crippen molar-refractivity contribution >= 4 is 16.9 Å². The van der Waals surface area contributed by atoms with Crippen LogP contribution in [0.4, 0.5) is 5.95 Å². The second-order valence-electron chi connectivity index (χ2n) is 2.21. The largest absolute Gasteiger partial charge is 0.368 e. The summed E-state index contributed by atoms with van der Waals surface area (Å²) in [7, 11) is 0. The molecule has 1 aromatic heterocycles. The number of nitrogens with zero attached hydrogens (tertiary/aromatic N) is 2. The number of hydrogen-bond donors (Lipinski definition) is 1. The molecule has 2 N–H and O–H groups in total. The lowest BCUT2D eigenvalue weighted by atomic mass is 10.2. The molecule has 11 heavy (non-hydrogen) atoms. The summed E-state index contributed by atoms with van der Waals surface area (Å²) in [5, 5.41) is 0.890. The van der Waals surface area contributed by atoms with Gasteiger partial charge in [0.2, 0.25) is 5.95 Å². The highest BCUT2D eigenvalue weighted by Crippen LogP contribution is 2.08. The Morgan fingerprint density at radius 1 is 1.27 bits per heavy atom. The first-order valence-electron chi connectivity index (χ1n) is 3.26. The van der Waals surface area contributed by atoms with Crippen molar-refractivity contribution in [1.29, 1.82) is 0 Å². The fourth-order valence-corrected chi connectivity index (χ4v) is 0.932. The van der Waals surface area contributed by atoms with E-state index in [9.17, 15) is 0 Å². The van der Waals surface area contributed by atoms with Crippen LogP contribution in [-0.4, -0.2) is 9.97 Å². The van der Waals surface area contributed by atoms with Gasteiger partial charge in [-0.15, -0.1) is 0 Å². The molecule has 53 valence electrons. The lowest BCUT2D eigenvalue weighted by molar-refractivity contribution is 1.23. The molecule has 2 aromatic rings. The molecule has 0 bridgehead atoms. The van der Waals surface area contributed by atoms with Crippen LogP contribution < -0.4 is 5.73 Å². The summed E-state index contributed by atoms with van der Waals surface area (Å²) in [4.78, 5) is 7.76. The van der Waals surface area contributed by atoms with Gasteiger partial charge in [0, 0.05) is 5.39 Å². The summed E-state index contributed by atoms with van der Waals surface area (Å²) in [6.45, 7) is 0. The normalized spacial score (nSPS) is 10.2. The van der Waals surface area contributed by atoms with Gasteiger partial charge in [-0.2, -0.15) is 0 Å². The molecule has 1 radical (unpaired) electrons. The number of para-hydroxylation sites is 1.